The molecule has 0 unspecified atom stereocenters. The molecule has 0 fully saturated rings. The Kier molecular flexibility index (Phi) is 5.27. The number of aromatic amines is 2. The summed E-state index contributed by atoms with van der Waals surface area (Å²) >= 11 is 0. The Morgan fingerprint density at radius 1 is 0.618 bits per heavy atom. The molecule has 2 aromatic carbocycles. The second-order valence-electron chi connectivity index (χ2n) is 11.6. The van der Waals surface area contributed by atoms with Crippen molar-refractivity contribution in [1.29, 1.82) is 0 Å². The van der Waals surface area contributed by atoms with Gasteiger partial charge in [0, 0.05) is 24.0 Å². The van der Waals surface area contributed by atoms with E-state index in [4.69, 9.17) is 19.9 Å². The van der Waals surface area contributed by atoms with E-state index in [1.165, 1.54) is 0 Å². The summed E-state index contributed by atoms with van der Waals surface area (Å²) < 4.78 is 0. The highest BCUT2D eigenvalue weighted by atomic mass is 14.9. The summed E-state index contributed by atoms with van der Waals surface area (Å²) in [7, 11) is 0. The highest BCUT2D eigenvalue weighted by Gasteiger charge is 2.16. The van der Waals surface area contributed by atoms with Gasteiger partial charge in [0.2, 0.25) is 0 Å². The molecule has 0 radical (unpaired) electrons. The lowest BCUT2D eigenvalue weighted by atomic mass is 9.92. The molecule has 5 aromatic rings. The smallest absolute Gasteiger partial charge is 0.107 e. The van der Waals surface area contributed by atoms with Crippen LogP contribution in [0.15, 0.2) is 48.8 Å². The van der Waals surface area contributed by atoms with Crippen LogP contribution in [-0.4, -0.2) is 29.9 Å². The molecule has 34 heavy (non-hydrogen) atoms. The Bertz CT molecular complexity index is 1350. The predicted octanol–water partition coefficient (Wildman–Crippen LogP) is 6.74. The summed E-state index contributed by atoms with van der Waals surface area (Å²) in [6.07, 6.45) is 5.49. The topological polar surface area (TPSA) is 83.1 Å². The van der Waals surface area contributed by atoms with Gasteiger partial charge in [0.15, 0.2) is 0 Å². The number of aromatic nitrogens is 6. The van der Waals surface area contributed by atoms with E-state index < -0.39 is 0 Å². The van der Waals surface area contributed by atoms with E-state index in [-0.39, 0.29) is 10.8 Å². The van der Waals surface area contributed by atoms with Crippen LogP contribution in [0.5, 0.6) is 0 Å². The van der Waals surface area contributed by atoms with Crippen LogP contribution in [0.3, 0.4) is 0 Å². The largest absolute Gasteiger partial charge is 0.342 e. The molecule has 0 amide bonds. The van der Waals surface area contributed by atoms with Gasteiger partial charge in [0.1, 0.15) is 11.6 Å². The normalized spacial score (nSPS) is 12.6. The van der Waals surface area contributed by atoms with Gasteiger partial charge in [-0.25, -0.2) is 9.97 Å². The van der Waals surface area contributed by atoms with Crippen molar-refractivity contribution in [3.8, 4) is 22.5 Å². The van der Waals surface area contributed by atoms with Crippen LogP contribution in [-0.2, 0) is 12.8 Å². The molecule has 0 aliphatic carbocycles. The number of hydrogen-bond donors (Lipinski definition) is 2. The number of nitrogens with one attached hydrogen (secondary N) is 2. The van der Waals surface area contributed by atoms with Crippen molar-refractivity contribution in [1.82, 2.24) is 29.9 Å². The minimum atomic E-state index is 0.186. The maximum Gasteiger partial charge on any atom is 0.107 e. The van der Waals surface area contributed by atoms with Gasteiger partial charge in [0.25, 0.3) is 0 Å². The van der Waals surface area contributed by atoms with Gasteiger partial charge < -0.3 is 9.97 Å². The molecule has 6 heteroatoms. The Morgan fingerprint density at radius 3 is 1.38 bits per heavy atom. The lowest BCUT2D eigenvalue weighted by Gasteiger charge is -2.15. The molecule has 0 bridgehead atoms. The lowest BCUT2D eigenvalue weighted by Crippen LogP contribution is -2.10. The summed E-state index contributed by atoms with van der Waals surface area (Å²) in [6, 6.07) is 12.4. The van der Waals surface area contributed by atoms with E-state index in [0.717, 1.165) is 69.1 Å². The molecular weight excluding hydrogens is 420 g/mol. The van der Waals surface area contributed by atoms with Crippen molar-refractivity contribution in [3.63, 3.8) is 0 Å². The Labute approximate surface area is 200 Å². The van der Waals surface area contributed by atoms with Gasteiger partial charge in [-0.05, 0) is 35.1 Å². The second kappa shape index (κ2) is 8.05. The van der Waals surface area contributed by atoms with Crippen molar-refractivity contribution in [3.05, 3.63) is 60.4 Å². The maximum absolute atomic E-state index is 4.73. The third kappa shape index (κ3) is 4.86. The molecule has 0 atom stereocenters. The summed E-state index contributed by atoms with van der Waals surface area (Å²) in [5, 5.41) is 0. The van der Waals surface area contributed by atoms with Crippen LogP contribution in [0.1, 0.15) is 53.2 Å². The first kappa shape index (κ1) is 22.3. The molecule has 2 N–H and O–H groups in total. The highest BCUT2D eigenvalue weighted by molar-refractivity contribution is 5.82. The third-order valence-corrected chi connectivity index (χ3v) is 5.70. The molecule has 3 aromatic heterocycles. The van der Waals surface area contributed by atoms with Crippen molar-refractivity contribution >= 4 is 22.1 Å². The average molecular weight is 453 g/mol. The van der Waals surface area contributed by atoms with E-state index in [0.29, 0.717) is 0 Å². The highest BCUT2D eigenvalue weighted by Crippen LogP contribution is 2.27. The minimum absolute atomic E-state index is 0.186. The summed E-state index contributed by atoms with van der Waals surface area (Å²) in [5.74, 6) is 2.03. The predicted molar refractivity (Wildman–Crippen MR) is 139 cm³/mol. The fraction of sp³-hybridized carbons (Fsp3) is 0.357. The Hall–Kier alpha value is -3.54. The number of nitrogens with zero attached hydrogens (tertiary/aromatic N) is 4. The van der Waals surface area contributed by atoms with Crippen LogP contribution < -0.4 is 0 Å². The summed E-state index contributed by atoms with van der Waals surface area (Å²) in [4.78, 5) is 25.8. The number of rotatable bonds is 4. The average Bonchev–Trinajstić information content (AvgIpc) is 3.32. The Balaban J connectivity index is 1.40. The maximum atomic E-state index is 4.73. The van der Waals surface area contributed by atoms with Gasteiger partial charge >= 0.3 is 0 Å². The molecule has 0 saturated carbocycles. The van der Waals surface area contributed by atoms with Crippen LogP contribution in [0.25, 0.3) is 44.6 Å². The van der Waals surface area contributed by atoms with Crippen LogP contribution in [0, 0.1) is 10.8 Å². The Morgan fingerprint density at radius 2 is 1.03 bits per heavy atom. The van der Waals surface area contributed by atoms with Gasteiger partial charge in [-0.3, -0.25) is 9.97 Å². The number of imidazole rings is 2. The fourth-order valence-corrected chi connectivity index (χ4v) is 4.24. The van der Waals surface area contributed by atoms with Gasteiger partial charge in [-0.15, -0.1) is 0 Å². The lowest BCUT2D eigenvalue weighted by molar-refractivity contribution is 0.402. The van der Waals surface area contributed by atoms with Crippen molar-refractivity contribution < 1.29 is 0 Å². The number of H-pyrrole nitrogens is 2. The second-order valence-corrected chi connectivity index (χ2v) is 11.6. The minimum Gasteiger partial charge on any atom is -0.342 e. The van der Waals surface area contributed by atoms with Crippen molar-refractivity contribution in [2.75, 3.05) is 0 Å². The van der Waals surface area contributed by atoms with Crippen LogP contribution >= 0.6 is 0 Å². The van der Waals surface area contributed by atoms with E-state index in [9.17, 15) is 0 Å². The molecule has 174 valence electrons. The molecule has 3 heterocycles. The summed E-state index contributed by atoms with van der Waals surface area (Å²) in [5.41, 5.74) is 8.10. The van der Waals surface area contributed by atoms with Crippen LogP contribution in [0.4, 0.5) is 0 Å². The first-order valence-corrected chi connectivity index (χ1v) is 11.8. The standard InChI is InChI=1S/C28H32N6/c1-27(2,3)13-25-31-19-9-7-17(11-21(19)33-25)23-15-30-24(16-29-23)18-8-10-20-22(12-18)34-26(32-20)14-28(4,5)6/h7-12,15-16H,13-14H2,1-6H3,(H,31,33)(H,32,34). The van der Waals surface area contributed by atoms with E-state index >= 15 is 0 Å². The molecule has 6 nitrogen and oxygen atoms in total. The van der Waals surface area contributed by atoms with Gasteiger partial charge in [-0.2, -0.15) is 0 Å². The fourth-order valence-electron chi connectivity index (χ4n) is 4.24. The first-order valence-electron chi connectivity index (χ1n) is 11.8. The molecular formula is C28H32N6. The zero-order chi connectivity index (χ0) is 24.1. The molecule has 0 saturated heterocycles. The zero-order valence-electron chi connectivity index (χ0n) is 20.8. The van der Waals surface area contributed by atoms with Gasteiger partial charge in [-0.1, -0.05) is 53.7 Å². The number of fused-ring (bicyclic) bond motifs is 2. The monoisotopic (exact) mass is 452 g/mol. The van der Waals surface area contributed by atoms with E-state index in [2.05, 4.69) is 75.8 Å². The van der Waals surface area contributed by atoms with Crippen LogP contribution in [0.2, 0.25) is 0 Å². The first-order chi connectivity index (χ1) is 16.0. The SMILES string of the molecule is CC(C)(C)Cc1nc2ccc(-c3cnc(-c4ccc5nc(CC(C)(C)C)[nH]c5c4)cn3)cc2[nH]1. The molecule has 0 aliphatic heterocycles. The summed E-state index contributed by atoms with van der Waals surface area (Å²) in [6.45, 7) is 13.3. The third-order valence-electron chi connectivity index (χ3n) is 5.70. The quantitative estimate of drug-likeness (QED) is 0.316. The number of hydrogen-bond acceptors (Lipinski definition) is 4. The van der Waals surface area contributed by atoms with E-state index in [1.54, 1.807) is 0 Å². The van der Waals surface area contributed by atoms with Crippen molar-refractivity contribution in [2.24, 2.45) is 10.8 Å². The van der Waals surface area contributed by atoms with Gasteiger partial charge in [0.05, 0.1) is 45.8 Å². The molecule has 0 aliphatic rings. The molecule has 0 spiro atoms. The van der Waals surface area contributed by atoms with Crippen molar-refractivity contribution in [2.45, 2.75) is 54.4 Å². The zero-order valence-corrected chi connectivity index (χ0v) is 20.8. The van der Waals surface area contributed by atoms with E-state index in [1.807, 2.05) is 24.5 Å². The molecule has 5 rings (SSSR count). The number of benzene rings is 2.